The first-order valence-electron chi connectivity index (χ1n) is 8.85. The Morgan fingerprint density at radius 2 is 1.88 bits per heavy atom. The SMILES string of the molecule is CC(C)C(CC(F)F)n1c(=O)oc2cccc(B3OCC(C)(C)CO3)c21. The summed E-state index contributed by atoms with van der Waals surface area (Å²) in [6.45, 7) is 8.71. The van der Waals surface area contributed by atoms with Gasteiger partial charge in [-0.25, -0.2) is 13.6 Å². The van der Waals surface area contributed by atoms with Crippen LogP contribution in [0.4, 0.5) is 8.78 Å². The lowest BCUT2D eigenvalue weighted by molar-refractivity contribution is 0.0344. The molecule has 2 aromatic rings. The minimum absolute atomic E-state index is 0.101. The number of rotatable bonds is 5. The van der Waals surface area contributed by atoms with Crippen LogP contribution < -0.4 is 11.2 Å². The molecule has 3 rings (SSSR count). The molecule has 0 bridgehead atoms. The molecule has 1 aliphatic rings. The summed E-state index contributed by atoms with van der Waals surface area (Å²) in [4.78, 5) is 12.5. The molecule has 0 radical (unpaired) electrons. The van der Waals surface area contributed by atoms with E-state index in [0.717, 1.165) is 0 Å². The smallest absolute Gasteiger partial charge is 0.408 e. The summed E-state index contributed by atoms with van der Waals surface area (Å²) in [5.41, 5.74) is 1.35. The molecular weight excluding hydrogens is 343 g/mol. The first kappa shape index (κ1) is 19.1. The minimum atomic E-state index is -2.52. The summed E-state index contributed by atoms with van der Waals surface area (Å²) in [5, 5.41) is 0. The minimum Gasteiger partial charge on any atom is -0.408 e. The van der Waals surface area contributed by atoms with Crippen LogP contribution in [0.25, 0.3) is 11.1 Å². The highest BCUT2D eigenvalue weighted by Crippen LogP contribution is 2.28. The quantitative estimate of drug-likeness (QED) is 0.762. The van der Waals surface area contributed by atoms with E-state index in [9.17, 15) is 13.6 Å². The van der Waals surface area contributed by atoms with Crippen LogP contribution in [0.5, 0.6) is 0 Å². The van der Waals surface area contributed by atoms with Gasteiger partial charge in [-0.05, 0) is 12.0 Å². The largest absolute Gasteiger partial charge is 0.496 e. The molecule has 0 N–H and O–H groups in total. The standard InChI is InChI=1S/C18H24BF2NO4/c1-11(2)13(8-15(20)21)22-16-12(6-5-7-14(16)26-17(22)23)19-24-9-18(3,4)10-25-19/h5-7,11,13,15H,8-10H2,1-4H3. The van der Waals surface area contributed by atoms with E-state index >= 15 is 0 Å². The van der Waals surface area contributed by atoms with Gasteiger partial charge in [-0.1, -0.05) is 39.8 Å². The summed E-state index contributed by atoms with van der Waals surface area (Å²) in [5.74, 6) is -0.800. The van der Waals surface area contributed by atoms with Crippen LogP contribution >= 0.6 is 0 Å². The highest BCUT2D eigenvalue weighted by Gasteiger charge is 2.36. The van der Waals surface area contributed by atoms with Crippen molar-refractivity contribution in [1.29, 1.82) is 0 Å². The van der Waals surface area contributed by atoms with E-state index in [1.807, 2.05) is 27.7 Å². The third kappa shape index (κ3) is 3.71. The molecule has 0 aliphatic carbocycles. The third-order valence-electron chi connectivity index (χ3n) is 4.69. The molecule has 26 heavy (non-hydrogen) atoms. The molecule has 1 aromatic heterocycles. The Balaban J connectivity index is 2.10. The molecule has 1 saturated heterocycles. The molecule has 8 heteroatoms. The van der Waals surface area contributed by atoms with E-state index in [2.05, 4.69) is 0 Å². The maximum atomic E-state index is 13.1. The van der Waals surface area contributed by atoms with Gasteiger partial charge in [0.15, 0.2) is 5.58 Å². The van der Waals surface area contributed by atoms with Gasteiger partial charge in [-0.2, -0.15) is 0 Å². The first-order valence-corrected chi connectivity index (χ1v) is 8.85. The highest BCUT2D eigenvalue weighted by molar-refractivity contribution is 6.64. The van der Waals surface area contributed by atoms with Crippen molar-refractivity contribution >= 4 is 23.7 Å². The zero-order valence-corrected chi connectivity index (χ0v) is 15.5. The fourth-order valence-corrected chi connectivity index (χ4v) is 3.34. The molecule has 1 atom stereocenters. The number of aromatic nitrogens is 1. The Kier molecular flexibility index (Phi) is 5.26. The van der Waals surface area contributed by atoms with Crippen molar-refractivity contribution in [3.05, 3.63) is 28.7 Å². The first-order chi connectivity index (χ1) is 12.2. The Morgan fingerprint density at radius 3 is 2.46 bits per heavy atom. The molecule has 1 fully saturated rings. The fourth-order valence-electron chi connectivity index (χ4n) is 3.34. The Morgan fingerprint density at radius 1 is 1.23 bits per heavy atom. The Hall–Kier alpha value is -1.67. The van der Waals surface area contributed by atoms with Gasteiger partial charge in [-0.15, -0.1) is 0 Å². The van der Waals surface area contributed by atoms with Gasteiger partial charge in [0.05, 0.1) is 5.52 Å². The number of fused-ring (bicyclic) bond motifs is 1. The van der Waals surface area contributed by atoms with Crippen LogP contribution in [0, 0.1) is 11.3 Å². The van der Waals surface area contributed by atoms with E-state index in [-0.39, 0.29) is 11.3 Å². The molecular formula is C18H24BF2NO4. The molecule has 0 saturated carbocycles. The maximum Gasteiger partial charge on any atom is 0.496 e. The predicted octanol–water partition coefficient (Wildman–Crippen LogP) is 3.22. The summed E-state index contributed by atoms with van der Waals surface area (Å²) < 4.78 is 44.6. The number of alkyl halides is 2. The van der Waals surface area contributed by atoms with Crippen molar-refractivity contribution in [2.24, 2.45) is 11.3 Å². The monoisotopic (exact) mass is 367 g/mol. The maximum absolute atomic E-state index is 13.1. The van der Waals surface area contributed by atoms with Crippen LogP contribution in [-0.4, -0.2) is 31.3 Å². The molecule has 1 unspecified atom stereocenters. The van der Waals surface area contributed by atoms with Gasteiger partial charge in [0.2, 0.25) is 6.43 Å². The zero-order valence-electron chi connectivity index (χ0n) is 15.5. The fraction of sp³-hybridized carbons (Fsp3) is 0.611. The number of benzene rings is 1. The lowest BCUT2D eigenvalue weighted by Gasteiger charge is -2.33. The van der Waals surface area contributed by atoms with Gasteiger partial charge in [0.1, 0.15) is 0 Å². The summed E-state index contributed by atoms with van der Waals surface area (Å²) >= 11 is 0. The average Bonchev–Trinajstić information content (AvgIpc) is 2.88. The van der Waals surface area contributed by atoms with Crippen molar-refractivity contribution in [3.63, 3.8) is 0 Å². The van der Waals surface area contributed by atoms with Crippen molar-refractivity contribution in [1.82, 2.24) is 4.57 Å². The number of hydrogen-bond donors (Lipinski definition) is 0. The summed E-state index contributed by atoms with van der Waals surface area (Å²) in [7, 11) is -0.658. The van der Waals surface area contributed by atoms with Gasteiger partial charge >= 0.3 is 12.9 Å². The van der Waals surface area contributed by atoms with Crippen LogP contribution in [0.15, 0.2) is 27.4 Å². The molecule has 0 spiro atoms. The average molecular weight is 367 g/mol. The lowest BCUT2D eigenvalue weighted by Crippen LogP contribution is -2.48. The highest BCUT2D eigenvalue weighted by atomic mass is 19.3. The summed E-state index contributed by atoms with van der Waals surface area (Å²) in [6, 6.07) is 4.51. The van der Waals surface area contributed by atoms with Gasteiger partial charge in [0.25, 0.3) is 0 Å². The second kappa shape index (κ2) is 7.16. The third-order valence-corrected chi connectivity index (χ3v) is 4.69. The van der Waals surface area contributed by atoms with E-state index in [4.69, 9.17) is 13.7 Å². The molecule has 0 amide bonds. The van der Waals surface area contributed by atoms with Crippen LogP contribution in [0.2, 0.25) is 0 Å². The van der Waals surface area contributed by atoms with Crippen molar-refractivity contribution in [3.8, 4) is 0 Å². The normalized spacial score (nSPS) is 18.8. The van der Waals surface area contributed by atoms with Gasteiger partial charge < -0.3 is 13.7 Å². The number of halogens is 2. The van der Waals surface area contributed by atoms with Crippen LogP contribution in [0.3, 0.4) is 0 Å². The van der Waals surface area contributed by atoms with Gasteiger partial charge in [-0.3, -0.25) is 4.57 Å². The van der Waals surface area contributed by atoms with Gasteiger partial charge in [0, 0.05) is 36.6 Å². The number of nitrogens with zero attached hydrogens (tertiary/aromatic N) is 1. The Bertz CT molecular complexity index is 820. The van der Waals surface area contributed by atoms with E-state index in [0.29, 0.717) is 29.8 Å². The van der Waals surface area contributed by atoms with Crippen molar-refractivity contribution in [2.75, 3.05) is 13.2 Å². The number of hydrogen-bond acceptors (Lipinski definition) is 4. The second-order valence-electron chi connectivity index (χ2n) is 7.99. The molecule has 2 heterocycles. The summed E-state index contributed by atoms with van der Waals surface area (Å²) in [6.07, 6.45) is -2.94. The predicted molar refractivity (Wildman–Crippen MR) is 96.0 cm³/mol. The molecule has 1 aromatic carbocycles. The van der Waals surface area contributed by atoms with Crippen molar-refractivity contribution < 1.29 is 22.5 Å². The number of oxazole rings is 1. The molecule has 1 aliphatic heterocycles. The van der Waals surface area contributed by atoms with E-state index < -0.39 is 31.8 Å². The zero-order chi connectivity index (χ0) is 19.1. The molecule has 142 valence electrons. The second-order valence-corrected chi connectivity index (χ2v) is 7.99. The van der Waals surface area contributed by atoms with E-state index in [1.54, 1.807) is 18.2 Å². The van der Waals surface area contributed by atoms with E-state index in [1.165, 1.54) is 4.57 Å². The lowest BCUT2D eigenvalue weighted by atomic mass is 9.75. The number of para-hydroxylation sites is 1. The molecule has 5 nitrogen and oxygen atoms in total. The van der Waals surface area contributed by atoms with Crippen LogP contribution in [0.1, 0.15) is 40.2 Å². The topological polar surface area (TPSA) is 53.6 Å². The Labute approximate surface area is 151 Å². The van der Waals surface area contributed by atoms with Crippen molar-refractivity contribution in [2.45, 2.75) is 46.6 Å². The van der Waals surface area contributed by atoms with Crippen LogP contribution in [-0.2, 0) is 9.31 Å².